The molecule has 0 saturated heterocycles. The van der Waals surface area contributed by atoms with Crippen LogP contribution in [0.1, 0.15) is 10.4 Å². The van der Waals surface area contributed by atoms with Crippen molar-refractivity contribution in [1.82, 2.24) is 25.0 Å². The van der Waals surface area contributed by atoms with Crippen molar-refractivity contribution in [2.45, 2.75) is 0 Å². The molecule has 0 spiro atoms. The van der Waals surface area contributed by atoms with Gasteiger partial charge < -0.3 is 19.9 Å². The summed E-state index contributed by atoms with van der Waals surface area (Å²) < 4.78 is 8.23. The Morgan fingerprint density at radius 3 is 2.68 bits per heavy atom. The second kappa shape index (κ2) is 7.41. The summed E-state index contributed by atoms with van der Waals surface area (Å²) in [5, 5.41) is 9.32. The van der Waals surface area contributed by atoms with Gasteiger partial charge in [0.25, 0.3) is 5.91 Å². The number of carbonyl (C=O) groups excluding carboxylic acids is 2. The number of amides is 2. The Labute approximate surface area is 128 Å². The van der Waals surface area contributed by atoms with Crippen molar-refractivity contribution in [1.29, 1.82) is 0 Å². The molecule has 0 aliphatic heterocycles. The van der Waals surface area contributed by atoms with Crippen molar-refractivity contribution >= 4 is 11.8 Å². The Bertz CT molecular complexity index is 633. The molecule has 0 aliphatic rings. The van der Waals surface area contributed by atoms with E-state index in [2.05, 4.69) is 15.7 Å². The van der Waals surface area contributed by atoms with Gasteiger partial charge in [0.15, 0.2) is 0 Å². The maximum atomic E-state index is 12.2. The molecule has 2 N–H and O–H groups in total. The first-order valence-electron chi connectivity index (χ1n) is 6.82. The Morgan fingerprint density at radius 1 is 1.27 bits per heavy atom. The van der Waals surface area contributed by atoms with Gasteiger partial charge in [-0.2, -0.15) is 5.10 Å². The van der Waals surface area contributed by atoms with Gasteiger partial charge in [0.2, 0.25) is 5.91 Å². The summed E-state index contributed by atoms with van der Waals surface area (Å²) in [5.74, 6) is 0.0257. The lowest BCUT2D eigenvalue weighted by Gasteiger charge is -2.08. The lowest BCUT2D eigenvalue weighted by Crippen LogP contribution is -2.38. The van der Waals surface area contributed by atoms with Crippen LogP contribution in [0.25, 0.3) is 5.82 Å². The molecule has 0 aromatic carbocycles. The summed E-state index contributed by atoms with van der Waals surface area (Å²) in [4.78, 5) is 23.8. The Morgan fingerprint density at radius 2 is 2.00 bits per heavy atom. The molecule has 0 unspecified atom stereocenters. The normalized spacial score (nSPS) is 10.5. The highest BCUT2D eigenvalue weighted by molar-refractivity contribution is 5.98. The van der Waals surface area contributed by atoms with E-state index in [1.165, 1.54) is 6.20 Å². The average molecular weight is 305 g/mol. The van der Waals surface area contributed by atoms with Gasteiger partial charge in [-0.15, -0.1) is 0 Å². The van der Waals surface area contributed by atoms with E-state index in [1.54, 1.807) is 23.4 Å². The summed E-state index contributed by atoms with van der Waals surface area (Å²) in [6.07, 6.45) is 5.13. The van der Waals surface area contributed by atoms with Gasteiger partial charge in [-0.05, 0) is 12.1 Å². The minimum absolute atomic E-state index is 0.0947. The second-order valence-electron chi connectivity index (χ2n) is 4.62. The zero-order chi connectivity index (χ0) is 15.9. The molecule has 2 aromatic heterocycles. The molecule has 0 atom stereocenters. The molecular weight excluding hydrogens is 286 g/mol. The van der Waals surface area contributed by atoms with Crippen molar-refractivity contribution in [3.05, 3.63) is 36.3 Å². The molecule has 8 heteroatoms. The van der Waals surface area contributed by atoms with Crippen LogP contribution in [0.5, 0.6) is 0 Å². The molecule has 0 fully saturated rings. The minimum Gasteiger partial charge on any atom is -0.383 e. The lowest BCUT2D eigenvalue weighted by atomic mass is 10.3. The molecule has 2 aromatic rings. The number of aryl methyl sites for hydroxylation is 1. The van der Waals surface area contributed by atoms with Crippen LogP contribution in [0.2, 0.25) is 0 Å². The van der Waals surface area contributed by atoms with E-state index in [-0.39, 0.29) is 18.4 Å². The van der Waals surface area contributed by atoms with E-state index in [0.29, 0.717) is 24.5 Å². The molecule has 8 nitrogen and oxygen atoms in total. The molecular formula is C14H19N5O3. The minimum atomic E-state index is -0.348. The highest BCUT2D eigenvalue weighted by Crippen LogP contribution is 2.13. The van der Waals surface area contributed by atoms with Gasteiger partial charge >= 0.3 is 0 Å². The van der Waals surface area contributed by atoms with Crippen LogP contribution in [0.3, 0.4) is 0 Å². The van der Waals surface area contributed by atoms with Crippen LogP contribution in [0, 0.1) is 0 Å². The van der Waals surface area contributed by atoms with Gasteiger partial charge in [-0.1, -0.05) is 0 Å². The Hall–Kier alpha value is -2.61. The number of ether oxygens (including phenoxy) is 1. The van der Waals surface area contributed by atoms with Crippen molar-refractivity contribution < 1.29 is 14.3 Å². The predicted octanol–water partition coefficient (Wildman–Crippen LogP) is -0.297. The summed E-state index contributed by atoms with van der Waals surface area (Å²) in [6, 6.07) is 3.72. The summed E-state index contributed by atoms with van der Waals surface area (Å²) >= 11 is 0. The third-order valence-corrected chi connectivity index (χ3v) is 3.04. The van der Waals surface area contributed by atoms with Gasteiger partial charge in [0.05, 0.1) is 19.3 Å². The van der Waals surface area contributed by atoms with Crippen LogP contribution < -0.4 is 10.6 Å². The van der Waals surface area contributed by atoms with E-state index in [9.17, 15) is 9.59 Å². The largest absolute Gasteiger partial charge is 0.383 e. The first-order chi connectivity index (χ1) is 10.6. The average Bonchev–Trinajstić information content (AvgIpc) is 3.14. The number of methoxy groups -OCH3 is 1. The van der Waals surface area contributed by atoms with Gasteiger partial charge in [-0.3, -0.25) is 14.3 Å². The van der Waals surface area contributed by atoms with Crippen LogP contribution in [0.15, 0.2) is 30.7 Å². The molecule has 22 heavy (non-hydrogen) atoms. The Balaban J connectivity index is 1.98. The number of nitrogens with one attached hydrogen (secondary N) is 2. The molecule has 2 amide bonds. The first-order valence-corrected chi connectivity index (χ1v) is 6.82. The summed E-state index contributed by atoms with van der Waals surface area (Å²) in [5.41, 5.74) is 0.406. The maximum Gasteiger partial charge on any atom is 0.257 e. The van der Waals surface area contributed by atoms with Crippen LogP contribution in [0.4, 0.5) is 0 Å². The predicted molar refractivity (Wildman–Crippen MR) is 79.8 cm³/mol. The van der Waals surface area contributed by atoms with E-state index >= 15 is 0 Å². The topological polar surface area (TPSA) is 90.2 Å². The SMILES string of the molecule is COCCNC(=O)CNC(=O)c1cnn(C)c1-n1cccc1. The molecule has 2 heterocycles. The monoisotopic (exact) mass is 305 g/mol. The van der Waals surface area contributed by atoms with E-state index < -0.39 is 0 Å². The van der Waals surface area contributed by atoms with Crippen molar-refractivity contribution in [2.24, 2.45) is 7.05 Å². The smallest absolute Gasteiger partial charge is 0.257 e. The summed E-state index contributed by atoms with van der Waals surface area (Å²) in [6.45, 7) is 0.745. The number of hydrogen-bond donors (Lipinski definition) is 2. The van der Waals surface area contributed by atoms with E-state index in [1.807, 2.05) is 24.5 Å². The fourth-order valence-corrected chi connectivity index (χ4v) is 1.98. The highest BCUT2D eigenvalue weighted by Gasteiger charge is 2.17. The van der Waals surface area contributed by atoms with E-state index in [0.717, 1.165) is 0 Å². The lowest BCUT2D eigenvalue weighted by molar-refractivity contribution is -0.120. The van der Waals surface area contributed by atoms with Gasteiger partial charge in [0.1, 0.15) is 11.4 Å². The fraction of sp³-hybridized carbons (Fsp3) is 0.357. The molecule has 0 radical (unpaired) electrons. The third-order valence-electron chi connectivity index (χ3n) is 3.04. The molecule has 2 rings (SSSR count). The summed E-state index contributed by atoms with van der Waals surface area (Å²) in [7, 11) is 3.31. The number of aromatic nitrogens is 3. The van der Waals surface area contributed by atoms with Crippen LogP contribution >= 0.6 is 0 Å². The second-order valence-corrected chi connectivity index (χ2v) is 4.62. The number of carbonyl (C=O) groups is 2. The van der Waals surface area contributed by atoms with Crippen molar-refractivity contribution in [3.63, 3.8) is 0 Å². The molecule has 0 bridgehead atoms. The van der Waals surface area contributed by atoms with Crippen molar-refractivity contribution in [2.75, 3.05) is 26.8 Å². The van der Waals surface area contributed by atoms with Gasteiger partial charge in [0, 0.05) is 33.1 Å². The Kier molecular flexibility index (Phi) is 5.31. The standard InChI is InChI=1S/C14H19N5O3/c1-18-14(19-6-3-4-7-19)11(9-17-18)13(21)16-10-12(20)15-5-8-22-2/h3-4,6-7,9H,5,8,10H2,1-2H3,(H,15,20)(H,16,21). The van der Waals surface area contributed by atoms with Crippen molar-refractivity contribution in [3.8, 4) is 5.82 Å². The zero-order valence-corrected chi connectivity index (χ0v) is 12.6. The zero-order valence-electron chi connectivity index (χ0n) is 12.6. The quantitative estimate of drug-likeness (QED) is 0.687. The first kappa shape index (κ1) is 15.8. The van der Waals surface area contributed by atoms with Crippen LogP contribution in [-0.4, -0.2) is 53.0 Å². The maximum absolute atomic E-state index is 12.2. The third kappa shape index (κ3) is 3.73. The number of hydrogen-bond acceptors (Lipinski definition) is 4. The highest BCUT2D eigenvalue weighted by atomic mass is 16.5. The molecule has 118 valence electrons. The number of rotatable bonds is 7. The molecule has 0 aliphatic carbocycles. The van der Waals surface area contributed by atoms with Gasteiger partial charge in [-0.25, -0.2) is 0 Å². The fourth-order valence-electron chi connectivity index (χ4n) is 1.98. The number of nitrogens with zero attached hydrogens (tertiary/aromatic N) is 3. The van der Waals surface area contributed by atoms with E-state index in [4.69, 9.17) is 4.74 Å². The van der Waals surface area contributed by atoms with Crippen LogP contribution in [-0.2, 0) is 16.6 Å². The molecule has 0 saturated carbocycles.